The lowest BCUT2D eigenvalue weighted by atomic mass is 10.1. The van der Waals surface area contributed by atoms with Crippen molar-refractivity contribution in [1.82, 2.24) is 19.5 Å². The number of rotatable bonds is 6. The molecule has 3 aromatic heterocycles. The third kappa shape index (κ3) is 4.76. The maximum Gasteiger partial charge on any atom is 0.238 e. The summed E-state index contributed by atoms with van der Waals surface area (Å²) in [6, 6.07) is 8.22. The van der Waals surface area contributed by atoms with Crippen molar-refractivity contribution in [2.75, 3.05) is 4.90 Å². The van der Waals surface area contributed by atoms with Crippen molar-refractivity contribution < 1.29 is 27.7 Å². The van der Waals surface area contributed by atoms with Crippen LogP contribution >= 0.6 is 0 Å². The molecule has 0 amide bonds. The third-order valence-electron chi connectivity index (χ3n) is 8.34. The molecule has 0 bridgehead atoms. The number of hydrogen-bond acceptors (Lipinski definition) is 5. The zero-order chi connectivity index (χ0) is 48.5. The number of hydrogen-bond donors (Lipinski definition) is 0. The highest BCUT2D eigenvalue weighted by molar-refractivity contribution is 6.16. The standard InChI is InChI=1S/C45H29N5O/c1-4-16-30(17-5-1)43-46-44(35-24-14-26-37-41(35)33-22-10-12-25-36(33)49(37)31-18-6-2-7-19-31)48-45(47-43)50(32-20-8-3-9-21-32)38-27-15-29-40-42(38)34-23-11-13-28-39(34)51-40/h1-29H/i1D,2D,4D,5D,6D,7D,10D,12D,14D,16D,17D,18D,19D,22D,24D,25D,26D. The SMILES string of the molecule is [2H]c1c([2H])c([2H])c(-c2nc(-c3c([2H])c([2H])c([2H])c4c3c3c([2H])c([2H])c([2H])c([2H])c3n4-c3c([2H])c([2H])c([2H])c([2H])c3[2H])nc(N(c3ccccc3)c3cccc4oc5ccccc5c34)n2)c([2H])c1[2H]. The third-order valence-corrected chi connectivity index (χ3v) is 8.34. The lowest BCUT2D eigenvalue weighted by Gasteiger charge is -2.24. The molecular weight excluding hydrogens is 627 g/mol. The van der Waals surface area contributed by atoms with Gasteiger partial charge in [0, 0.05) is 38.7 Å². The highest BCUT2D eigenvalue weighted by Gasteiger charge is 2.24. The summed E-state index contributed by atoms with van der Waals surface area (Å²) in [5.74, 6) is -1.32. The van der Waals surface area contributed by atoms with Crippen LogP contribution in [0.1, 0.15) is 23.3 Å². The van der Waals surface area contributed by atoms with Gasteiger partial charge in [0.15, 0.2) is 11.6 Å². The van der Waals surface area contributed by atoms with E-state index in [2.05, 4.69) is 4.98 Å². The van der Waals surface area contributed by atoms with Crippen LogP contribution in [0.4, 0.5) is 17.3 Å². The molecule has 0 aliphatic carbocycles. The number of benzene rings is 7. The fourth-order valence-corrected chi connectivity index (χ4v) is 6.25. The molecule has 240 valence electrons. The Morgan fingerprint density at radius 2 is 1.24 bits per heavy atom. The van der Waals surface area contributed by atoms with Crippen LogP contribution in [0.3, 0.4) is 0 Å². The van der Waals surface area contributed by atoms with Crippen LogP contribution in [0.15, 0.2) is 180 Å². The lowest BCUT2D eigenvalue weighted by Crippen LogP contribution is -2.15. The normalized spacial score (nSPS) is 16.2. The average molecular weight is 673 g/mol. The summed E-state index contributed by atoms with van der Waals surface area (Å²) < 4.78 is 158. The highest BCUT2D eigenvalue weighted by atomic mass is 16.3. The van der Waals surface area contributed by atoms with E-state index in [9.17, 15) is 5.48 Å². The van der Waals surface area contributed by atoms with E-state index in [4.69, 9.17) is 32.2 Å². The van der Waals surface area contributed by atoms with Gasteiger partial charge in [0.1, 0.15) is 11.2 Å². The summed E-state index contributed by atoms with van der Waals surface area (Å²) in [5, 5.41) is 0.527. The van der Waals surface area contributed by atoms with Crippen molar-refractivity contribution in [3.8, 4) is 28.5 Å². The van der Waals surface area contributed by atoms with Gasteiger partial charge in [-0.2, -0.15) is 9.97 Å². The van der Waals surface area contributed by atoms with Gasteiger partial charge >= 0.3 is 0 Å². The van der Waals surface area contributed by atoms with E-state index in [0.717, 1.165) is 4.57 Å². The lowest BCUT2D eigenvalue weighted by molar-refractivity contribution is 0.669. The largest absolute Gasteiger partial charge is 0.456 e. The van der Waals surface area contributed by atoms with Gasteiger partial charge < -0.3 is 8.98 Å². The quantitative estimate of drug-likeness (QED) is 0.176. The number of para-hydroxylation sites is 4. The minimum absolute atomic E-state index is 0.272. The molecule has 0 spiro atoms. The Kier molecular flexibility index (Phi) is 3.84. The number of fused-ring (bicyclic) bond motifs is 6. The maximum absolute atomic E-state index is 9.53. The van der Waals surface area contributed by atoms with Gasteiger partial charge in [0.25, 0.3) is 0 Å². The van der Waals surface area contributed by atoms with Crippen molar-refractivity contribution >= 4 is 61.1 Å². The summed E-state index contributed by atoms with van der Waals surface area (Å²) in [6.45, 7) is 0. The summed E-state index contributed by atoms with van der Waals surface area (Å²) in [6.07, 6.45) is 0. The van der Waals surface area contributed by atoms with Crippen LogP contribution in [0, 0.1) is 0 Å². The molecule has 0 unspecified atom stereocenters. The van der Waals surface area contributed by atoms with E-state index in [-0.39, 0.29) is 11.3 Å². The molecular formula is C45H29N5O. The van der Waals surface area contributed by atoms with Gasteiger partial charge in [0.05, 0.1) is 45.4 Å². The van der Waals surface area contributed by atoms with Crippen molar-refractivity contribution in [2.45, 2.75) is 0 Å². The first-order valence-corrected chi connectivity index (χ1v) is 15.6. The summed E-state index contributed by atoms with van der Waals surface area (Å²) in [5.41, 5.74) is -0.650. The van der Waals surface area contributed by atoms with Crippen molar-refractivity contribution in [3.05, 3.63) is 176 Å². The molecule has 10 rings (SSSR count). The zero-order valence-corrected chi connectivity index (χ0v) is 26.1. The van der Waals surface area contributed by atoms with Crippen LogP contribution in [0.5, 0.6) is 0 Å². The van der Waals surface area contributed by atoms with Crippen LogP contribution in [0.25, 0.3) is 72.2 Å². The van der Waals surface area contributed by atoms with Gasteiger partial charge in [-0.25, -0.2) is 4.98 Å². The topological polar surface area (TPSA) is 60.0 Å². The molecule has 7 aromatic carbocycles. The minimum atomic E-state index is -0.819. The van der Waals surface area contributed by atoms with Gasteiger partial charge in [-0.3, -0.25) is 4.90 Å². The van der Waals surface area contributed by atoms with E-state index < -0.39 is 148 Å². The maximum atomic E-state index is 9.53. The number of anilines is 3. The van der Waals surface area contributed by atoms with Crippen molar-refractivity contribution in [1.29, 1.82) is 0 Å². The molecule has 0 aliphatic heterocycles. The van der Waals surface area contributed by atoms with E-state index in [0.29, 0.717) is 33.3 Å². The Morgan fingerprint density at radius 3 is 2.10 bits per heavy atom. The minimum Gasteiger partial charge on any atom is -0.456 e. The molecule has 0 saturated carbocycles. The first-order chi connectivity index (χ1) is 32.4. The first-order valence-electron chi connectivity index (χ1n) is 24.1. The summed E-state index contributed by atoms with van der Waals surface area (Å²) in [4.78, 5) is 15.9. The highest BCUT2D eigenvalue weighted by Crippen LogP contribution is 2.43. The second kappa shape index (κ2) is 11.8. The summed E-state index contributed by atoms with van der Waals surface area (Å²) >= 11 is 0. The van der Waals surface area contributed by atoms with E-state index in [1.807, 2.05) is 12.1 Å². The number of nitrogens with zero attached hydrogens (tertiary/aromatic N) is 5. The molecule has 10 aromatic rings. The first kappa shape index (κ1) is 16.6. The van der Waals surface area contributed by atoms with Crippen LogP contribution < -0.4 is 4.90 Å². The molecule has 0 fully saturated rings. The predicted octanol–water partition coefficient (Wildman–Crippen LogP) is 11.7. The van der Waals surface area contributed by atoms with E-state index in [1.54, 1.807) is 65.6 Å². The Labute approximate surface area is 317 Å². The predicted molar refractivity (Wildman–Crippen MR) is 207 cm³/mol. The zero-order valence-electron chi connectivity index (χ0n) is 43.1. The molecule has 3 heterocycles. The molecule has 0 aliphatic rings. The van der Waals surface area contributed by atoms with Gasteiger partial charge in [-0.1, -0.05) is 121 Å². The second-order valence-electron chi connectivity index (χ2n) is 11.2. The number of furan rings is 1. The molecule has 0 N–H and O–H groups in total. The van der Waals surface area contributed by atoms with Crippen LogP contribution in [-0.2, 0) is 0 Å². The molecule has 6 nitrogen and oxygen atoms in total. The van der Waals surface area contributed by atoms with Crippen LogP contribution in [0.2, 0.25) is 0 Å². The van der Waals surface area contributed by atoms with Gasteiger partial charge in [0.2, 0.25) is 5.95 Å². The summed E-state index contributed by atoms with van der Waals surface area (Å²) in [7, 11) is 0. The Balaban J connectivity index is 1.43. The molecule has 0 saturated heterocycles. The van der Waals surface area contributed by atoms with Crippen molar-refractivity contribution in [2.24, 2.45) is 0 Å². The molecule has 6 heteroatoms. The smallest absolute Gasteiger partial charge is 0.238 e. The Bertz CT molecular complexity index is 3800. The van der Waals surface area contributed by atoms with E-state index in [1.165, 1.54) is 0 Å². The Morgan fingerprint density at radius 1 is 0.529 bits per heavy atom. The van der Waals surface area contributed by atoms with Gasteiger partial charge in [-0.05, 0) is 54.5 Å². The molecule has 51 heavy (non-hydrogen) atoms. The number of aromatic nitrogens is 4. The monoisotopic (exact) mass is 672 g/mol. The van der Waals surface area contributed by atoms with Gasteiger partial charge in [-0.15, -0.1) is 0 Å². The van der Waals surface area contributed by atoms with E-state index >= 15 is 0 Å². The Hall–Kier alpha value is -7.05. The average Bonchev–Trinajstić information content (AvgIpc) is 3.89. The van der Waals surface area contributed by atoms with Crippen molar-refractivity contribution in [3.63, 3.8) is 0 Å². The second-order valence-corrected chi connectivity index (χ2v) is 11.2. The molecule has 0 atom stereocenters. The van der Waals surface area contributed by atoms with Crippen LogP contribution in [-0.4, -0.2) is 19.5 Å². The molecule has 0 radical (unpaired) electrons. The fourth-order valence-electron chi connectivity index (χ4n) is 6.25. The fraction of sp³-hybridized carbons (Fsp3) is 0.